The molecule has 1 heterocycles. The zero-order valence-corrected chi connectivity index (χ0v) is 13.1. The second kappa shape index (κ2) is 7.15. The molecule has 23 heavy (non-hydrogen) atoms. The molecule has 0 bridgehead atoms. The van der Waals surface area contributed by atoms with E-state index >= 15 is 0 Å². The second-order valence-corrected chi connectivity index (χ2v) is 6.26. The fraction of sp³-hybridized carbons (Fsp3) is 0.111. The van der Waals surface area contributed by atoms with Crippen molar-refractivity contribution in [2.45, 2.75) is 12.8 Å². The van der Waals surface area contributed by atoms with Crippen LogP contribution in [-0.4, -0.2) is 10.9 Å². The van der Waals surface area contributed by atoms with Crippen LogP contribution in [0.2, 0.25) is 0 Å². The molecule has 0 radical (unpaired) electrons. The van der Waals surface area contributed by atoms with Crippen LogP contribution in [-0.2, 0) is 17.6 Å². The van der Waals surface area contributed by atoms with Gasteiger partial charge in [0.15, 0.2) is 5.13 Å². The fourth-order valence-corrected chi connectivity index (χ4v) is 3.06. The molecule has 0 fully saturated rings. The van der Waals surface area contributed by atoms with Gasteiger partial charge >= 0.3 is 0 Å². The van der Waals surface area contributed by atoms with E-state index in [4.69, 9.17) is 0 Å². The lowest BCUT2D eigenvalue weighted by molar-refractivity contribution is -0.115. The average molecular weight is 326 g/mol. The van der Waals surface area contributed by atoms with Crippen molar-refractivity contribution in [3.8, 4) is 0 Å². The molecule has 0 aliphatic carbocycles. The molecular weight excluding hydrogens is 311 g/mol. The van der Waals surface area contributed by atoms with Crippen LogP contribution in [0.5, 0.6) is 0 Å². The molecular formula is C18H15FN2OS. The summed E-state index contributed by atoms with van der Waals surface area (Å²) in [6.45, 7) is 0. The highest BCUT2D eigenvalue weighted by Crippen LogP contribution is 2.21. The Labute approximate surface area is 137 Å². The minimum Gasteiger partial charge on any atom is -0.302 e. The van der Waals surface area contributed by atoms with E-state index in [0.29, 0.717) is 18.0 Å². The number of benzene rings is 2. The number of carbonyl (C=O) groups is 1. The Balaban J connectivity index is 1.58. The third kappa shape index (κ3) is 4.47. The van der Waals surface area contributed by atoms with Gasteiger partial charge in [-0.2, -0.15) is 0 Å². The topological polar surface area (TPSA) is 42.0 Å². The Bertz CT molecular complexity index is 784. The van der Waals surface area contributed by atoms with Crippen LogP contribution in [0, 0.1) is 5.82 Å². The van der Waals surface area contributed by atoms with Crippen molar-refractivity contribution >= 4 is 22.4 Å². The third-order valence-corrected chi connectivity index (χ3v) is 4.21. The number of nitrogens with one attached hydrogen (secondary N) is 1. The largest absolute Gasteiger partial charge is 0.302 e. The van der Waals surface area contributed by atoms with Crippen molar-refractivity contribution < 1.29 is 9.18 Å². The number of hydrogen-bond acceptors (Lipinski definition) is 3. The van der Waals surface area contributed by atoms with E-state index in [1.165, 1.54) is 23.5 Å². The molecule has 0 aliphatic heterocycles. The number of carbonyl (C=O) groups excluding carboxylic acids is 1. The zero-order valence-electron chi connectivity index (χ0n) is 12.3. The molecule has 0 saturated carbocycles. The molecule has 2 aromatic carbocycles. The summed E-state index contributed by atoms with van der Waals surface area (Å²) < 4.78 is 12.9. The first-order valence-corrected chi connectivity index (χ1v) is 8.03. The fourth-order valence-electron chi connectivity index (χ4n) is 2.20. The van der Waals surface area contributed by atoms with E-state index in [1.54, 1.807) is 18.3 Å². The maximum absolute atomic E-state index is 12.9. The van der Waals surface area contributed by atoms with Crippen molar-refractivity contribution in [3.63, 3.8) is 0 Å². The molecule has 116 valence electrons. The van der Waals surface area contributed by atoms with Crippen molar-refractivity contribution in [1.29, 1.82) is 0 Å². The summed E-state index contributed by atoms with van der Waals surface area (Å²) in [5, 5.41) is 3.40. The molecule has 0 saturated heterocycles. The van der Waals surface area contributed by atoms with E-state index in [1.807, 2.05) is 30.3 Å². The van der Waals surface area contributed by atoms with E-state index in [2.05, 4.69) is 10.3 Å². The number of thiazole rings is 1. The third-order valence-electron chi connectivity index (χ3n) is 3.30. The van der Waals surface area contributed by atoms with Gasteiger partial charge < -0.3 is 5.32 Å². The molecule has 3 nitrogen and oxygen atoms in total. The highest BCUT2D eigenvalue weighted by atomic mass is 32.1. The van der Waals surface area contributed by atoms with Crippen LogP contribution >= 0.6 is 11.3 Å². The number of nitrogens with zero attached hydrogens (tertiary/aromatic N) is 1. The highest BCUT2D eigenvalue weighted by molar-refractivity contribution is 7.15. The number of amides is 1. The first kappa shape index (κ1) is 15.4. The zero-order chi connectivity index (χ0) is 16.1. The van der Waals surface area contributed by atoms with Gasteiger partial charge in [0.25, 0.3) is 0 Å². The lowest BCUT2D eigenvalue weighted by atomic mass is 10.1. The normalized spacial score (nSPS) is 10.5. The van der Waals surface area contributed by atoms with E-state index in [-0.39, 0.29) is 11.7 Å². The standard InChI is InChI=1S/C18H15FN2OS/c19-15-8-6-14(7-9-15)10-16-12-20-18(23-16)21-17(22)11-13-4-2-1-3-5-13/h1-9,12H,10-11H2,(H,20,21,22). The van der Waals surface area contributed by atoms with Crippen LogP contribution in [0.25, 0.3) is 0 Å². The van der Waals surface area contributed by atoms with Gasteiger partial charge in [-0.25, -0.2) is 9.37 Å². The lowest BCUT2D eigenvalue weighted by Crippen LogP contribution is -2.13. The number of halogens is 1. The smallest absolute Gasteiger partial charge is 0.230 e. The van der Waals surface area contributed by atoms with Crippen molar-refractivity contribution in [2.24, 2.45) is 0 Å². The summed E-state index contributed by atoms with van der Waals surface area (Å²) in [4.78, 5) is 17.2. The van der Waals surface area contributed by atoms with Gasteiger partial charge in [0.05, 0.1) is 6.42 Å². The van der Waals surface area contributed by atoms with Gasteiger partial charge in [-0.05, 0) is 23.3 Å². The molecule has 1 amide bonds. The van der Waals surface area contributed by atoms with E-state index in [0.717, 1.165) is 16.0 Å². The molecule has 1 N–H and O–H groups in total. The first-order valence-electron chi connectivity index (χ1n) is 7.22. The van der Waals surface area contributed by atoms with Crippen LogP contribution in [0.3, 0.4) is 0 Å². The summed E-state index contributed by atoms with van der Waals surface area (Å²) in [5.41, 5.74) is 1.98. The van der Waals surface area contributed by atoms with Crippen LogP contribution in [0.1, 0.15) is 16.0 Å². The van der Waals surface area contributed by atoms with Gasteiger partial charge in [-0.3, -0.25) is 4.79 Å². The van der Waals surface area contributed by atoms with Crippen molar-refractivity contribution in [1.82, 2.24) is 4.98 Å². The van der Waals surface area contributed by atoms with Crippen molar-refractivity contribution in [2.75, 3.05) is 5.32 Å². The number of anilines is 1. The first-order chi connectivity index (χ1) is 11.2. The SMILES string of the molecule is O=C(Cc1ccccc1)Nc1ncc(Cc2ccc(F)cc2)s1. The summed E-state index contributed by atoms with van der Waals surface area (Å²) in [6.07, 6.45) is 2.74. The number of aromatic nitrogens is 1. The molecule has 3 rings (SSSR count). The monoisotopic (exact) mass is 326 g/mol. The van der Waals surface area contributed by atoms with Crippen LogP contribution in [0.4, 0.5) is 9.52 Å². The summed E-state index contributed by atoms with van der Waals surface area (Å²) in [7, 11) is 0. The molecule has 0 unspecified atom stereocenters. The quantitative estimate of drug-likeness (QED) is 0.768. The number of hydrogen-bond donors (Lipinski definition) is 1. The maximum atomic E-state index is 12.9. The predicted molar refractivity (Wildman–Crippen MR) is 90.1 cm³/mol. The predicted octanol–water partition coefficient (Wildman–Crippen LogP) is 4.05. The van der Waals surface area contributed by atoms with Gasteiger partial charge in [0.2, 0.25) is 5.91 Å². The van der Waals surface area contributed by atoms with E-state index < -0.39 is 0 Å². The van der Waals surface area contributed by atoms with Gasteiger partial charge in [-0.1, -0.05) is 42.5 Å². The molecule has 0 aliphatic rings. The lowest BCUT2D eigenvalue weighted by Gasteiger charge is -2.01. The van der Waals surface area contributed by atoms with Crippen molar-refractivity contribution in [3.05, 3.63) is 82.6 Å². The Morgan fingerprint density at radius 3 is 2.52 bits per heavy atom. The van der Waals surface area contributed by atoms with Crippen LogP contribution < -0.4 is 5.32 Å². The van der Waals surface area contributed by atoms with Gasteiger partial charge in [0, 0.05) is 17.5 Å². The van der Waals surface area contributed by atoms with Gasteiger partial charge in [0.1, 0.15) is 5.82 Å². The Morgan fingerprint density at radius 1 is 1.04 bits per heavy atom. The van der Waals surface area contributed by atoms with E-state index in [9.17, 15) is 9.18 Å². The molecule has 0 spiro atoms. The minimum atomic E-state index is -0.244. The Hall–Kier alpha value is -2.53. The molecule has 5 heteroatoms. The molecule has 0 atom stereocenters. The maximum Gasteiger partial charge on any atom is 0.230 e. The summed E-state index contributed by atoms with van der Waals surface area (Å²) in [5.74, 6) is -0.328. The molecule has 1 aromatic heterocycles. The number of rotatable bonds is 5. The van der Waals surface area contributed by atoms with Gasteiger partial charge in [-0.15, -0.1) is 11.3 Å². The Morgan fingerprint density at radius 2 is 1.78 bits per heavy atom. The summed E-state index contributed by atoms with van der Waals surface area (Å²) >= 11 is 1.43. The minimum absolute atomic E-state index is 0.0844. The second-order valence-electron chi connectivity index (χ2n) is 5.15. The average Bonchev–Trinajstić information content (AvgIpc) is 2.97. The van der Waals surface area contributed by atoms with Crippen LogP contribution in [0.15, 0.2) is 60.8 Å². The Kier molecular flexibility index (Phi) is 4.78. The highest BCUT2D eigenvalue weighted by Gasteiger charge is 2.08. The molecule has 3 aromatic rings. The summed E-state index contributed by atoms with van der Waals surface area (Å²) in [6, 6.07) is 16.0.